The van der Waals surface area contributed by atoms with Crippen LogP contribution >= 0.6 is 0 Å². The van der Waals surface area contributed by atoms with E-state index in [9.17, 15) is 9.59 Å². The first-order valence-corrected chi connectivity index (χ1v) is 7.66. The standard InChI is InChI=1S/C15H28N2O2/c1-5-9-12(6-2)17-11-10-13(18)16-15(7-3,8-4)14(17)19/h12H,5-11H2,1-4H3,(H,16,18). The Labute approximate surface area is 116 Å². The average Bonchev–Trinajstić information content (AvgIpc) is 2.54. The van der Waals surface area contributed by atoms with Crippen LogP contribution in [-0.2, 0) is 9.59 Å². The highest BCUT2D eigenvalue weighted by Gasteiger charge is 2.43. The zero-order valence-electron chi connectivity index (χ0n) is 12.8. The van der Waals surface area contributed by atoms with Gasteiger partial charge in [-0.15, -0.1) is 0 Å². The third-order valence-electron chi connectivity index (χ3n) is 4.37. The molecule has 2 amide bonds. The molecular weight excluding hydrogens is 240 g/mol. The minimum absolute atomic E-state index is 0.00546. The molecule has 0 bridgehead atoms. The minimum atomic E-state index is -0.686. The first-order chi connectivity index (χ1) is 9.04. The lowest BCUT2D eigenvalue weighted by molar-refractivity contribution is -0.141. The van der Waals surface area contributed by atoms with Gasteiger partial charge in [0.25, 0.3) is 0 Å². The lowest BCUT2D eigenvalue weighted by Gasteiger charge is -2.37. The summed E-state index contributed by atoms with van der Waals surface area (Å²) in [6.07, 6.45) is 4.78. The van der Waals surface area contributed by atoms with Crippen LogP contribution < -0.4 is 5.32 Å². The van der Waals surface area contributed by atoms with E-state index in [2.05, 4.69) is 19.2 Å². The van der Waals surface area contributed by atoms with Crippen LogP contribution in [0.4, 0.5) is 0 Å². The fourth-order valence-corrected chi connectivity index (χ4v) is 2.97. The van der Waals surface area contributed by atoms with Crippen molar-refractivity contribution < 1.29 is 9.59 Å². The molecule has 1 saturated heterocycles. The molecule has 1 rings (SSSR count). The molecule has 0 aromatic carbocycles. The molecule has 1 heterocycles. The summed E-state index contributed by atoms with van der Waals surface area (Å²) < 4.78 is 0. The van der Waals surface area contributed by atoms with E-state index in [4.69, 9.17) is 0 Å². The number of amides is 2. The van der Waals surface area contributed by atoms with Crippen LogP contribution in [-0.4, -0.2) is 34.8 Å². The largest absolute Gasteiger partial charge is 0.342 e. The van der Waals surface area contributed by atoms with Gasteiger partial charge in [-0.25, -0.2) is 0 Å². The summed E-state index contributed by atoms with van der Waals surface area (Å²) in [5, 5.41) is 2.96. The third-order valence-corrected chi connectivity index (χ3v) is 4.37. The Hall–Kier alpha value is -1.06. The van der Waals surface area contributed by atoms with Gasteiger partial charge in [0.1, 0.15) is 5.54 Å². The Morgan fingerprint density at radius 2 is 1.84 bits per heavy atom. The highest BCUT2D eigenvalue weighted by Crippen LogP contribution is 2.25. The van der Waals surface area contributed by atoms with Gasteiger partial charge in [-0.3, -0.25) is 9.59 Å². The second kappa shape index (κ2) is 6.92. The minimum Gasteiger partial charge on any atom is -0.342 e. The number of carbonyl (C=O) groups is 2. The average molecular weight is 268 g/mol. The van der Waals surface area contributed by atoms with Crippen molar-refractivity contribution in [3.63, 3.8) is 0 Å². The SMILES string of the molecule is CCCC(CC)N1CCC(=O)NC(CC)(CC)C1=O. The van der Waals surface area contributed by atoms with E-state index in [1.54, 1.807) is 0 Å². The Bertz CT molecular complexity index is 324. The molecule has 4 heteroatoms. The molecule has 0 aliphatic carbocycles. The molecule has 110 valence electrons. The summed E-state index contributed by atoms with van der Waals surface area (Å²) in [6.45, 7) is 8.78. The molecule has 1 fully saturated rings. The Morgan fingerprint density at radius 3 is 2.32 bits per heavy atom. The van der Waals surface area contributed by atoms with E-state index in [1.165, 1.54) is 0 Å². The van der Waals surface area contributed by atoms with Crippen LogP contribution in [0.15, 0.2) is 0 Å². The number of hydrogen-bond acceptors (Lipinski definition) is 2. The van der Waals surface area contributed by atoms with Crippen molar-refractivity contribution in [2.75, 3.05) is 6.54 Å². The summed E-state index contributed by atoms with van der Waals surface area (Å²) in [4.78, 5) is 26.7. The molecule has 0 spiro atoms. The van der Waals surface area contributed by atoms with Gasteiger partial charge in [0, 0.05) is 19.0 Å². The molecule has 1 atom stereocenters. The maximum atomic E-state index is 12.9. The fraction of sp³-hybridized carbons (Fsp3) is 0.867. The Kier molecular flexibility index (Phi) is 5.83. The van der Waals surface area contributed by atoms with Crippen LogP contribution in [0.2, 0.25) is 0 Å². The maximum absolute atomic E-state index is 12.9. The van der Waals surface area contributed by atoms with Crippen molar-refractivity contribution in [3.8, 4) is 0 Å². The van der Waals surface area contributed by atoms with Crippen LogP contribution in [0.25, 0.3) is 0 Å². The Balaban J connectivity index is 3.04. The molecule has 1 unspecified atom stereocenters. The molecule has 0 radical (unpaired) electrons. The predicted octanol–water partition coefficient (Wildman–Crippen LogP) is 2.47. The van der Waals surface area contributed by atoms with Crippen LogP contribution in [0.3, 0.4) is 0 Å². The summed E-state index contributed by atoms with van der Waals surface area (Å²) in [6, 6.07) is 0.266. The fourth-order valence-electron chi connectivity index (χ4n) is 2.97. The van der Waals surface area contributed by atoms with E-state index >= 15 is 0 Å². The topological polar surface area (TPSA) is 49.4 Å². The quantitative estimate of drug-likeness (QED) is 0.804. The lowest BCUT2D eigenvalue weighted by atomic mass is 9.90. The van der Waals surface area contributed by atoms with Crippen molar-refractivity contribution in [1.82, 2.24) is 10.2 Å². The molecule has 0 aromatic heterocycles. The number of hydrogen-bond donors (Lipinski definition) is 1. The van der Waals surface area contributed by atoms with Crippen molar-refractivity contribution in [2.24, 2.45) is 0 Å². The molecule has 1 aliphatic rings. The zero-order valence-corrected chi connectivity index (χ0v) is 12.8. The maximum Gasteiger partial charge on any atom is 0.248 e. The van der Waals surface area contributed by atoms with E-state index < -0.39 is 5.54 Å². The molecule has 19 heavy (non-hydrogen) atoms. The molecule has 1 aliphatic heterocycles. The second-order valence-corrected chi connectivity index (χ2v) is 5.44. The highest BCUT2D eigenvalue weighted by atomic mass is 16.2. The zero-order chi connectivity index (χ0) is 14.5. The lowest BCUT2D eigenvalue weighted by Crippen LogP contribution is -2.58. The van der Waals surface area contributed by atoms with Crippen molar-refractivity contribution in [2.45, 2.75) is 77.8 Å². The van der Waals surface area contributed by atoms with Gasteiger partial charge in [-0.1, -0.05) is 34.1 Å². The summed E-state index contributed by atoms with van der Waals surface area (Å²) in [5.41, 5.74) is -0.686. The van der Waals surface area contributed by atoms with Gasteiger partial charge in [0.05, 0.1) is 0 Å². The van der Waals surface area contributed by atoms with Crippen LogP contribution in [0.5, 0.6) is 0 Å². The molecular formula is C15H28N2O2. The second-order valence-electron chi connectivity index (χ2n) is 5.44. The van der Waals surface area contributed by atoms with Gasteiger partial charge < -0.3 is 10.2 Å². The van der Waals surface area contributed by atoms with Gasteiger partial charge in [0.15, 0.2) is 0 Å². The molecule has 0 aromatic rings. The number of carbonyl (C=O) groups excluding carboxylic acids is 2. The summed E-state index contributed by atoms with van der Waals surface area (Å²) in [5.74, 6) is 0.120. The van der Waals surface area contributed by atoms with Crippen LogP contribution in [0.1, 0.15) is 66.2 Å². The van der Waals surface area contributed by atoms with Gasteiger partial charge in [0.2, 0.25) is 11.8 Å². The monoisotopic (exact) mass is 268 g/mol. The highest BCUT2D eigenvalue weighted by molar-refractivity contribution is 5.93. The summed E-state index contributed by atoms with van der Waals surface area (Å²) in [7, 11) is 0. The van der Waals surface area contributed by atoms with E-state index in [0.717, 1.165) is 19.3 Å². The predicted molar refractivity (Wildman–Crippen MR) is 76.8 cm³/mol. The first-order valence-electron chi connectivity index (χ1n) is 7.66. The Morgan fingerprint density at radius 1 is 1.21 bits per heavy atom. The van der Waals surface area contributed by atoms with Crippen molar-refractivity contribution in [1.29, 1.82) is 0 Å². The number of rotatable bonds is 6. The van der Waals surface area contributed by atoms with Gasteiger partial charge in [-0.05, 0) is 25.7 Å². The molecule has 0 saturated carbocycles. The van der Waals surface area contributed by atoms with Gasteiger partial charge in [-0.2, -0.15) is 0 Å². The van der Waals surface area contributed by atoms with Gasteiger partial charge >= 0.3 is 0 Å². The molecule has 4 nitrogen and oxygen atoms in total. The van der Waals surface area contributed by atoms with Crippen molar-refractivity contribution >= 4 is 11.8 Å². The third kappa shape index (κ3) is 3.28. The van der Waals surface area contributed by atoms with E-state index in [-0.39, 0.29) is 17.9 Å². The van der Waals surface area contributed by atoms with Crippen molar-refractivity contribution in [3.05, 3.63) is 0 Å². The van der Waals surface area contributed by atoms with E-state index in [0.29, 0.717) is 25.8 Å². The van der Waals surface area contributed by atoms with E-state index in [1.807, 2.05) is 18.7 Å². The van der Waals surface area contributed by atoms with Crippen LogP contribution in [0, 0.1) is 0 Å². The number of nitrogens with one attached hydrogen (secondary N) is 1. The number of nitrogens with zero attached hydrogens (tertiary/aromatic N) is 1. The normalized spacial score (nSPS) is 20.9. The summed E-state index contributed by atoms with van der Waals surface area (Å²) >= 11 is 0. The molecule has 1 N–H and O–H groups in total. The smallest absolute Gasteiger partial charge is 0.248 e. The first kappa shape index (κ1) is 16.0.